The Morgan fingerprint density at radius 1 is 0.952 bits per heavy atom. The van der Waals surface area contributed by atoms with Gasteiger partial charge in [-0.1, -0.05) is 0 Å². The Labute approximate surface area is 238 Å². The molecule has 1 saturated heterocycles. The third-order valence-corrected chi connectivity index (χ3v) is 7.91. The quantitative estimate of drug-likeness (QED) is 0.407. The minimum Gasteiger partial charge on any atom is -0.493 e. The SMILES string of the molecule is COc1cc(C2c3cc4c(cc3C(OC(=O)Cn3cc(C)c(=O)[nH]c3=O)C3COC(=O)C23)OCO4)cc(OC)c1OC. The van der Waals surface area contributed by atoms with Crippen LogP contribution in [0.4, 0.5) is 0 Å². The van der Waals surface area contributed by atoms with Crippen molar-refractivity contribution in [1.82, 2.24) is 9.55 Å². The maximum Gasteiger partial charge on any atom is 0.328 e. The van der Waals surface area contributed by atoms with Crippen molar-refractivity contribution in [2.45, 2.75) is 25.5 Å². The van der Waals surface area contributed by atoms with Gasteiger partial charge in [-0.25, -0.2) is 4.79 Å². The number of benzene rings is 2. The summed E-state index contributed by atoms with van der Waals surface area (Å²) >= 11 is 0. The molecule has 4 unspecified atom stereocenters. The Kier molecular flexibility index (Phi) is 6.79. The van der Waals surface area contributed by atoms with Crippen LogP contribution < -0.4 is 34.9 Å². The molecule has 220 valence electrons. The van der Waals surface area contributed by atoms with E-state index in [1.165, 1.54) is 34.4 Å². The summed E-state index contributed by atoms with van der Waals surface area (Å²) in [5.41, 5.74) is 0.956. The van der Waals surface area contributed by atoms with Crippen molar-refractivity contribution in [3.05, 3.63) is 73.6 Å². The number of aryl methyl sites for hydroxylation is 1. The Morgan fingerprint density at radius 2 is 1.62 bits per heavy atom. The van der Waals surface area contributed by atoms with Gasteiger partial charge in [0.2, 0.25) is 12.5 Å². The van der Waals surface area contributed by atoms with Crippen molar-refractivity contribution in [2.24, 2.45) is 11.8 Å². The largest absolute Gasteiger partial charge is 0.493 e. The van der Waals surface area contributed by atoms with Crippen LogP contribution in [-0.4, -0.2) is 56.2 Å². The second-order valence-electron chi connectivity index (χ2n) is 10.2. The highest BCUT2D eigenvalue weighted by molar-refractivity contribution is 5.79. The smallest absolute Gasteiger partial charge is 0.328 e. The minimum atomic E-state index is -0.906. The number of methoxy groups -OCH3 is 3. The monoisotopic (exact) mass is 580 g/mol. The first-order chi connectivity index (χ1) is 20.2. The fourth-order valence-corrected chi connectivity index (χ4v) is 6.00. The molecule has 0 spiro atoms. The number of carbonyl (C=O) groups is 2. The van der Waals surface area contributed by atoms with E-state index in [1.54, 1.807) is 24.3 Å². The standard InChI is InChI=1S/C29H28N2O11/c1-13-9-31(29(35)30-27(13)33)10-22(32)42-25-16-8-19-18(40-12-41-19)7-15(16)23(24-17(25)11-39-28(24)34)14-5-20(36-2)26(38-4)21(6-14)37-3/h5-9,17,23-25H,10-12H2,1-4H3,(H,30,33,35). The summed E-state index contributed by atoms with van der Waals surface area (Å²) < 4.78 is 40.5. The Balaban J connectivity index is 1.46. The van der Waals surface area contributed by atoms with Gasteiger partial charge >= 0.3 is 17.6 Å². The summed E-state index contributed by atoms with van der Waals surface area (Å²) in [5, 5.41) is 0. The number of carbonyl (C=O) groups excluding carboxylic acids is 2. The highest BCUT2D eigenvalue weighted by Gasteiger charge is 2.54. The Hall–Kier alpha value is -4.94. The molecule has 0 radical (unpaired) electrons. The van der Waals surface area contributed by atoms with Gasteiger partial charge in [-0.05, 0) is 42.3 Å². The number of aromatic nitrogens is 2. The molecule has 0 saturated carbocycles. The molecule has 0 bridgehead atoms. The number of hydrogen-bond acceptors (Lipinski definition) is 11. The van der Waals surface area contributed by atoms with Gasteiger partial charge in [0.25, 0.3) is 5.56 Å². The van der Waals surface area contributed by atoms with Gasteiger partial charge in [-0.2, -0.15) is 0 Å². The molecule has 3 aliphatic rings. The maximum atomic E-state index is 13.3. The van der Waals surface area contributed by atoms with E-state index in [-0.39, 0.29) is 19.0 Å². The van der Waals surface area contributed by atoms with Crippen molar-refractivity contribution in [2.75, 3.05) is 34.7 Å². The van der Waals surface area contributed by atoms with Crippen molar-refractivity contribution >= 4 is 11.9 Å². The molecular weight excluding hydrogens is 552 g/mol. The molecule has 13 heteroatoms. The maximum absolute atomic E-state index is 13.3. The first-order valence-corrected chi connectivity index (χ1v) is 13.1. The van der Waals surface area contributed by atoms with E-state index >= 15 is 0 Å². The van der Waals surface area contributed by atoms with Gasteiger partial charge < -0.3 is 33.2 Å². The summed E-state index contributed by atoms with van der Waals surface area (Å²) in [6.45, 7) is 1.10. The number of rotatable bonds is 7. The van der Waals surface area contributed by atoms with Crippen molar-refractivity contribution in [3.63, 3.8) is 0 Å². The molecular formula is C29H28N2O11. The summed E-state index contributed by atoms with van der Waals surface area (Å²) in [5.74, 6) is -0.871. The third kappa shape index (κ3) is 4.41. The molecule has 1 aromatic heterocycles. The number of fused-ring (bicyclic) bond motifs is 3. The number of ether oxygens (including phenoxy) is 7. The van der Waals surface area contributed by atoms with Crippen molar-refractivity contribution in [1.29, 1.82) is 0 Å². The van der Waals surface area contributed by atoms with E-state index in [1.807, 2.05) is 0 Å². The lowest BCUT2D eigenvalue weighted by Crippen LogP contribution is -2.38. The molecule has 3 heterocycles. The van der Waals surface area contributed by atoms with Crippen molar-refractivity contribution < 1.29 is 42.7 Å². The molecule has 2 aliphatic heterocycles. The lowest BCUT2D eigenvalue weighted by Gasteiger charge is -2.38. The first-order valence-electron chi connectivity index (χ1n) is 13.1. The van der Waals surface area contributed by atoms with Crippen LogP contribution in [0.25, 0.3) is 0 Å². The lowest BCUT2D eigenvalue weighted by molar-refractivity contribution is -0.155. The number of aromatic amines is 1. The van der Waals surface area contributed by atoms with Gasteiger partial charge in [-0.15, -0.1) is 0 Å². The molecule has 1 fully saturated rings. The first kappa shape index (κ1) is 27.2. The van der Waals surface area contributed by atoms with Gasteiger partial charge in [0.15, 0.2) is 23.0 Å². The summed E-state index contributed by atoms with van der Waals surface area (Å²) in [7, 11) is 4.51. The number of cyclic esters (lactones) is 1. The van der Waals surface area contributed by atoms with Gasteiger partial charge in [0.1, 0.15) is 12.6 Å². The van der Waals surface area contributed by atoms with Crippen LogP contribution >= 0.6 is 0 Å². The molecule has 4 atom stereocenters. The molecule has 3 aromatic rings. The van der Waals surface area contributed by atoms with E-state index in [9.17, 15) is 19.2 Å². The number of esters is 2. The van der Waals surface area contributed by atoms with Crippen molar-refractivity contribution in [3.8, 4) is 28.7 Å². The van der Waals surface area contributed by atoms with E-state index in [2.05, 4.69) is 4.98 Å². The number of nitrogens with one attached hydrogen (secondary N) is 1. The molecule has 2 aromatic carbocycles. The van der Waals surface area contributed by atoms with E-state index in [4.69, 9.17) is 33.2 Å². The topological polar surface area (TPSA) is 154 Å². The average molecular weight is 581 g/mol. The zero-order valence-corrected chi connectivity index (χ0v) is 23.3. The second-order valence-corrected chi connectivity index (χ2v) is 10.2. The van der Waals surface area contributed by atoms with E-state index < -0.39 is 53.6 Å². The van der Waals surface area contributed by atoms with Crippen LogP contribution in [-0.2, 0) is 25.6 Å². The summed E-state index contributed by atoms with van der Waals surface area (Å²) in [6.07, 6.45) is 0.386. The van der Waals surface area contributed by atoms with Crippen LogP contribution in [0.2, 0.25) is 0 Å². The Morgan fingerprint density at radius 3 is 2.26 bits per heavy atom. The van der Waals surface area contributed by atoms with Crippen LogP contribution in [0.1, 0.15) is 34.3 Å². The number of hydrogen-bond donors (Lipinski definition) is 1. The van der Waals surface area contributed by atoms with E-state index in [0.29, 0.717) is 45.4 Å². The Bertz CT molecular complexity index is 1680. The fourth-order valence-electron chi connectivity index (χ4n) is 6.00. The highest BCUT2D eigenvalue weighted by Crippen LogP contribution is 2.56. The normalized spacial score (nSPS) is 21.7. The molecule has 1 aliphatic carbocycles. The number of nitrogens with zero attached hydrogens (tertiary/aromatic N) is 1. The fraction of sp³-hybridized carbons (Fsp3) is 0.379. The minimum absolute atomic E-state index is 0.00790. The molecule has 1 N–H and O–H groups in total. The van der Waals surface area contributed by atoms with E-state index in [0.717, 1.165) is 4.57 Å². The summed E-state index contributed by atoms with van der Waals surface area (Å²) in [6, 6.07) is 7.08. The van der Waals surface area contributed by atoms with Gasteiger partial charge in [0.05, 0.1) is 33.9 Å². The summed E-state index contributed by atoms with van der Waals surface area (Å²) in [4.78, 5) is 52.8. The number of H-pyrrole nitrogens is 1. The predicted molar refractivity (Wildman–Crippen MR) is 143 cm³/mol. The highest BCUT2D eigenvalue weighted by atomic mass is 16.7. The lowest BCUT2D eigenvalue weighted by atomic mass is 9.66. The molecule has 0 amide bonds. The predicted octanol–water partition coefficient (Wildman–Crippen LogP) is 1.82. The van der Waals surface area contributed by atoms with Gasteiger partial charge in [0, 0.05) is 29.2 Å². The third-order valence-electron chi connectivity index (χ3n) is 7.91. The van der Waals surface area contributed by atoms with Crippen LogP contribution in [0.3, 0.4) is 0 Å². The van der Waals surface area contributed by atoms with Crippen LogP contribution in [0.5, 0.6) is 28.7 Å². The molecule has 6 rings (SSSR count). The zero-order chi connectivity index (χ0) is 29.7. The molecule has 42 heavy (non-hydrogen) atoms. The average Bonchev–Trinajstić information content (AvgIpc) is 3.60. The zero-order valence-electron chi connectivity index (χ0n) is 23.3. The second kappa shape index (κ2) is 10.5. The molecule has 13 nitrogen and oxygen atoms in total. The van der Waals surface area contributed by atoms with Crippen LogP contribution in [0, 0.1) is 18.8 Å². The van der Waals surface area contributed by atoms with Gasteiger partial charge in [-0.3, -0.25) is 23.9 Å². The van der Waals surface area contributed by atoms with Crippen LogP contribution in [0.15, 0.2) is 40.1 Å².